The molecule has 19 heavy (non-hydrogen) atoms. The van der Waals surface area contributed by atoms with Crippen LogP contribution in [0.1, 0.15) is 17.9 Å². The summed E-state index contributed by atoms with van der Waals surface area (Å²) in [6.45, 7) is 0. The van der Waals surface area contributed by atoms with E-state index < -0.39 is 10.0 Å². The highest BCUT2D eigenvalue weighted by Crippen LogP contribution is 2.41. The van der Waals surface area contributed by atoms with Crippen molar-refractivity contribution in [2.45, 2.75) is 22.7 Å². The van der Waals surface area contributed by atoms with Gasteiger partial charge in [0.1, 0.15) is 0 Å². The van der Waals surface area contributed by atoms with Crippen molar-refractivity contribution < 1.29 is 8.42 Å². The third kappa shape index (κ3) is 2.60. The summed E-state index contributed by atoms with van der Waals surface area (Å²) >= 11 is 0.867. The Morgan fingerprint density at radius 1 is 1.26 bits per heavy atom. The summed E-state index contributed by atoms with van der Waals surface area (Å²) in [4.78, 5) is 0. The lowest BCUT2D eigenvalue weighted by atomic mass is 10.1. The number of nitrogen functional groups attached to an aromatic ring is 1. The maximum atomic E-state index is 12.0. The first-order chi connectivity index (χ1) is 9.06. The molecule has 0 amide bonds. The van der Waals surface area contributed by atoms with Crippen molar-refractivity contribution in [2.75, 3.05) is 5.73 Å². The maximum absolute atomic E-state index is 12.0. The zero-order chi connectivity index (χ0) is 13.5. The van der Waals surface area contributed by atoms with Crippen LogP contribution in [0.4, 0.5) is 5.13 Å². The fraction of sp³-hybridized carbons (Fsp3) is 0.273. The predicted octanol–water partition coefficient (Wildman–Crippen LogP) is 0.955. The molecular formula is C11H12N4O2S2. The van der Waals surface area contributed by atoms with Crippen LogP contribution in [-0.4, -0.2) is 24.7 Å². The quantitative estimate of drug-likeness (QED) is 0.875. The molecule has 1 heterocycles. The van der Waals surface area contributed by atoms with Crippen LogP contribution in [0, 0.1) is 0 Å². The molecule has 0 aliphatic heterocycles. The maximum Gasteiger partial charge on any atom is 0.270 e. The minimum absolute atomic E-state index is 0.0717. The molecule has 1 aliphatic carbocycles. The van der Waals surface area contributed by atoms with Gasteiger partial charge in [0.15, 0.2) is 0 Å². The Labute approximate surface area is 114 Å². The highest BCUT2D eigenvalue weighted by atomic mass is 32.2. The van der Waals surface area contributed by atoms with E-state index in [9.17, 15) is 8.42 Å². The summed E-state index contributed by atoms with van der Waals surface area (Å²) in [5.41, 5.74) is 6.54. The van der Waals surface area contributed by atoms with Gasteiger partial charge in [-0.3, -0.25) is 0 Å². The minimum Gasteiger partial charge on any atom is -0.374 e. The Hall–Kier alpha value is -1.51. The summed E-state index contributed by atoms with van der Waals surface area (Å²) in [5, 5.41) is 7.22. The van der Waals surface area contributed by atoms with Gasteiger partial charge in [0, 0.05) is 12.0 Å². The van der Waals surface area contributed by atoms with Crippen LogP contribution in [-0.2, 0) is 10.0 Å². The standard InChI is InChI=1S/C11H12N4O2S2/c12-10-13-14-11(18-10)19(16,17)15-9-6-8(9)7-4-2-1-3-5-7/h1-5,8-9,15H,6H2,(H2,12,13). The topological polar surface area (TPSA) is 98.0 Å². The van der Waals surface area contributed by atoms with E-state index in [-0.39, 0.29) is 21.4 Å². The van der Waals surface area contributed by atoms with E-state index in [2.05, 4.69) is 14.9 Å². The van der Waals surface area contributed by atoms with E-state index in [4.69, 9.17) is 5.73 Å². The van der Waals surface area contributed by atoms with Gasteiger partial charge in [-0.15, -0.1) is 10.2 Å². The first-order valence-corrected chi connectivity index (χ1v) is 8.02. The molecular weight excluding hydrogens is 284 g/mol. The van der Waals surface area contributed by atoms with Crippen molar-refractivity contribution in [3.63, 3.8) is 0 Å². The van der Waals surface area contributed by atoms with Gasteiger partial charge in [-0.05, 0) is 12.0 Å². The molecule has 1 aliphatic rings. The Morgan fingerprint density at radius 3 is 2.63 bits per heavy atom. The van der Waals surface area contributed by atoms with Crippen LogP contribution in [0.3, 0.4) is 0 Å². The molecule has 0 spiro atoms. The van der Waals surface area contributed by atoms with Crippen LogP contribution >= 0.6 is 11.3 Å². The summed E-state index contributed by atoms with van der Waals surface area (Å²) in [6, 6.07) is 9.77. The molecule has 0 bridgehead atoms. The lowest BCUT2D eigenvalue weighted by Crippen LogP contribution is -2.26. The van der Waals surface area contributed by atoms with Gasteiger partial charge < -0.3 is 5.73 Å². The molecule has 3 N–H and O–H groups in total. The molecule has 3 rings (SSSR count). The van der Waals surface area contributed by atoms with E-state index in [0.29, 0.717) is 0 Å². The van der Waals surface area contributed by atoms with Gasteiger partial charge in [-0.25, -0.2) is 13.1 Å². The van der Waals surface area contributed by atoms with E-state index >= 15 is 0 Å². The molecule has 1 fully saturated rings. The van der Waals surface area contributed by atoms with Crippen molar-refractivity contribution >= 4 is 26.5 Å². The third-order valence-electron chi connectivity index (χ3n) is 2.98. The van der Waals surface area contributed by atoms with Crippen LogP contribution in [0.15, 0.2) is 34.7 Å². The molecule has 1 saturated carbocycles. The van der Waals surface area contributed by atoms with Gasteiger partial charge in [0.2, 0.25) is 9.47 Å². The molecule has 8 heteroatoms. The first kappa shape index (κ1) is 12.5. The highest BCUT2D eigenvalue weighted by molar-refractivity contribution is 7.91. The smallest absolute Gasteiger partial charge is 0.270 e. The number of nitrogens with zero attached hydrogens (tertiary/aromatic N) is 2. The lowest BCUT2D eigenvalue weighted by molar-refractivity contribution is 0.578. The number of nitrogens with two attached hydrogens (primary N) is 1. The Bertz CT molecular complexity index is 684. The van der Waals surface area contributed by atoms with E-state index in [1.165, 1.54) is 0 Å². The molecule has 6 nitrogen and oxygen atoms in total. The third-order valence-corrected chi connectivity index (χ3v) is 5.59. The van der Waals surface area contributed by atoms with E-state index in [0.717, 1.165) is 23.3 Å². The van der Waals surface area contributed by atoms with Gasteiger partial charge in [-0.2, -0.15) is 0 Å². The number of sulfonamides is 1. The van der Waals surface area contributed by atoms with Crippen molar-refractivity contribution in [2.24, 2.45) is 0 Å². The van der Waals surface area contributed by atoms with E-state index in [1.807, 2.05) is 30.3 Å². The summed E-state index contributed by atoms with van der Waals surface area (Å²) in [6.07, 6.45) is 0.803. The van der Waals surface area contributed by atoms with E-state index in [1.54, 1.807) is 0 Å². The zero-order valence-corrected chi connectivity index (χ0v) is 11.5. The number of hydrogen-bond donors (Lipinski definition) is 2. The number of aromatic nitrogens is 2. The largest absolute Gasteiger partial charge is 0.374 e. The number of nitrogens with one attached hydrogen (secondary N) is 1. The fourth-order valence-electron chi connectivity index (χ4n) is 1.97. The fourth-order valence-corrected chi connectivity index (χ4v) is 4.06. The Balaban J connectivity index is 1.71. The number of hydrogen-bond acceptors (Lipinski definition) is 6. The van der Waals surface area contributed by atoms with Crippen LogP contribution in [0.5, 0.6) is 0 Å². The molecule has 2 unspecified atom stereocenters. The molecule has 2 aromatic rings. The SMILES string of the molecule is Nc1nnc(S(=O)(=O)NC2CC2c2ccccc2)s1. The van der Waals surface area contributed by atoms with Crippen molar-refractivity contribution in [1.82, 2.24) is 14.9 Å². The lowest BCUT2D eigenvalue weighted by Gasteiger charge is -2.02. The minimum atomic E-state index is -3.60. The van der Waals surface area contributed by atoms with Crippen molar-refractivity contribution in [3.05, 3.63) is 35.9 Å². The second-order valence-electron chi connectivity index (χ2n) is 4.39. The molecule has 0 radical (unpaired) electrons. The second kappa shape index (κ2) is 4.55. The van der Waals surface area contributed by atoms with Crippen LogP contribution in [0.2, 0.25) is 0 Å². The molecule has 1 aromatic carbocycles. The van der Waals surface area contributed by atoms with Crippen LogP contribution < -0.4 is 10.5 Å². The average molecular weight is 296 g/mol. The predicted molar refractivity (Wildman–Crippen MR) is 72.2 cm³/mol. The highest BCUT2D eigenvalue weighted by Gasteiger charge is 2.41. The van der Waals surface area contributed by atoms with Crippen molar-refractivity contribution in [1.29, 1.82) is 0 Å². The van der Waals surface area contributed by atoms with Gasteiger partial charge in [0.25, 0.3) is 10.0 Å². The van der Waals surface area contributed by atoms with Gasteiger partial charge in [0.05, 0.1) is 0 Å². The Kier molecular flexibility index (Phi) is 3.00. The van der Waals surface area contributed by atoms with Crippen LogP contribution in [0.25, 0.3) is 0 Å². The zero-order valence-electron chi connectivity index (χ0n) is 9.85. The normalized spacial score (nSPS) is 22.3. The van der Waals surface area contributed by atoms with Gasteiger partial charge >= 0.3 is 0 Å². The number of anilines is 1. The first-order valence-electron chi connectivity index (χ1n) is 5.72. The average Bonchev–Trinajstić information content (AvgIpc) is 2.99. The number of rotatable bonds is 4. The number of benzene rings is 1. The monoisotopic (exact) mass is 296 g/mol. The van der Waals surface area contributed by atoms with Gasteiger partial charge in [-0.1, -0.05) is 41.7 Å². The molecule has 0 saturated heterocycles. The Morgan fingerprint density at radius 2 is 2.00 bits per heavy atom. The second-order valence-corrected chi connectivity index (χ2v) is 7.28. The molecule has 2 atom stereocenters. The summed E-state index contributed by atoms with van der Waals surface area (Å²) in [5.74, 6) is 0.237. The summed E-state index contributed by atoms with van der Waals surface area (Å²) in [7, 11) is -3.60. The molecule has 100 valence electrons. The van der Waals surface area contributed by atoms with Crippen molar-refractivity contribution in [3.8, 4) is 0 Å². The summed E-state index contributed by atoms with van der Waals surface area (Å²) < 4.78 is 26.6. The molecule has 1 aromatic heterocycles.